The Bertz CT molecular complexity index is 1040. The Morgan fingerprint density at radius 1 is 1.17 bits per heavy atom. The van der Waals surface area contributed by atoms with E-state index in [1.165, 1.54) is 13.2 Å². The van der Waals surface area contributed by atoms with Crippen LogP contribution in [0.3, 0.4) is 0 Å². The number of carbonyl (C=O) groups excluding carboxylic acids is 1. The van der Waals surface area contributed by atoms with Crippen LogP contribution >= 0.6 is 0 Å². The number of amides is 1. The molecule has 3 aromatic rings. The topological polar surface area (TPSA) is 92.9 Å². The second-order valence-electron chi connectivity index (χ2n) is 6.85. The lowest BCUT2D eigenvalue weighted by molar-refractivity contribution is -0.136. The third-order valence-electron chi connectivity index (χ3n) is 4.88. The SMILES string of the molecule is CCN(Cc1cc(-c2ncco2)ccc1-c1cc(CC(=O)O)ccc1OC)C(C)=O. The number of nitrogens with zero attached hydrogens (tertiary/aromatic N) is 2. The lowest BCUT2D eigenvalue weighted by atomic mass is 9.94. The Kier molecular flexibility index (Phi) is 6.51. The number of carbonyl (C=O) groups is 2. The Hall–Kier alpha value is -3.61. The van der Waals surface area contributed by atoms with E-state index < -0.39 is 5.97 Å². The predicted octanol–water partition coefficient (Wildman–Crippen LogP) is 4.01. The van der Waals surface area contributed by atoms with Gasteiger partial charge in [-0.15, -0.1) is 0 Å². The molecule has 7 nitrogen and oxygen atoms in total. The number of aliphatic carboxylic acids is 1. The minimum atomic E-state index is -0.903. The van der Waals surface area contributed by atoms with E-state index in [1.807, 2.05) is 31.2 Å². The van der Waals surface area contributed by atoms with Crippen LogP contribution in [0.25, 0.3) is 22.6 Å². The highest BCUT2D eigenvalue weighted by Crippen LogP contribution is 2.36. The smallest absolute Gasteiger partial charge is 0.307 e. The van der Waals surface area contributed by atoms with Gasteiger partial charge in [-0.25, -0.2) is 4.98 Å². The maximum Gasteiger partial charge on any atom is 0.307 e. The van der Waals surface area contributed by atoms with Gasteiger partial charge in [0.15, 0.2) is 0 Å². The molecule has 0 saturated carbocycles. The van der Waals surface area contributed by atoms with Crippen LogP contribution in [0.4, 0.5) is 0 Å². The average molecular weight is 408 g/mol. The van der Waals surface area contributed by atoms with Crippen molar-refractivity contribution < 1.29 is 23.8 Å². The van der Waals surface area contributed by atoms with Gasteiger partial charge in [0.1, 0.15) is 12.0 Å². The van der Waals surface area contributed by atoms with Gasteiger partial charge in [-0.3, -0.25) is 9.59 Å². The minimum absolute atomic E-state index is 0.0310. The molecule has 1 heterocycles. The van der Waals surface area contributed by atoms with E-state index in [4.69, 9.17) is 9.15 Å². The Morgan fingerprint density at radius 2 is 1.97 bits per heavy atom. The zero-order valence-corrected chi connectivity index (χ0v) is 17.2. The highest BCUT2D eigenvalue weighted by Gasteiger charge is 2.17. The van der Waals surface area contributed by atoms with Crippen molar-refractivity contribution in [1.29, 1.82) is 0 Å². The maximum atomic E-state index is 12.0. The van der Waals surface area contributed by atoms with Crippen molar-refractivity contribution in [2.24, 2.45) is 0 Å². The third-order valence-corrected chi connectivity index (χ3v) is 4.88. The first-order valence-electron chi connectivity index (χ1n) is 9.60. The van der Waals surface area contributed by atoms with Gasteiger partial charge in [-0.2, -0.15) is 0 Å². The predicted molar refractivity (Wildman–Crippen MR) is 112 cm³/mol. The van der Waals surface area contributed by atoms with Gasteiger partial charge in [0.25, 0.3) is 0 Å². The van der Waals surface area contributed by atoms with Crippen molar-refractivity contribution in [3.63, 3.8) is 0 Å². The normalized spacial score (nSPS) is 10.6. The lowest BCUT2D eigenvalue weighted by Gasteiger charge is -2.22. The van der Waals surface area contributed by atoms with E-state index in [2.05, 4.69) is 4.98 Å². The van der Waals surface area contributed by atoms with Crippen LogP contribution in [0, 0.1) is 0 Å². The van der Waals surface area contributed by atoms with Crippen molar-refractivity contribution in [2.45, 2.75) is 26.8 Å². The van der Waals surface area contributed by atoms with Crippen LogP contribution in [-0.4, -0.2) is 40.5 Å². The number of benzene rings is 2. The molecule has 2 aromatic carbocycles. The number of hydrogen-bond acceptors (Lipinski definition) is 5. The van der Waals surface area contributed by atoms with Crippen LogP contribution in [0.15, 0.2) is 53.3 Å². The molecule has 0 aliphatic carbocycles. The van der Waals surface area contributed by atoms with Crippen molar-refractivity contribution >= 4 is 11.9 Å². The van der Waals surface area contributed by atoms with Crippen LogP contribution in [0.5, 0.6) is 5.75 Å². The first-order chi connectivity index (χ1) is 14.4. The Labute approximate surface area is 174 Å². The first-order valence-corrected chi connectivity index (χ1v) is 9.60. The van der Waals surface area contributed by atoms with E-state index in [0.29, 0.717) is 30.3 Å². The summed E-state index contributed by atoms with van der Waals surface area (Å²) in [4.78, 5) is 29.2. The monoisotopic (exact) mass is 408 g/mol. The Morgan fingerprint density at radius 3 is 2.57 bits per heavy atom. The molecule has 0 fully saturated rings. The number of aromatic nitrogens is 1. The number of rotatable bonds is 8. The highest BCUT2D eigenvalue weighted by atomic mass is 16.5. The number of carboxylic acids is 1. The van der Waals surface area contributed by atoms with Gasteiger partial charge in [-0.05, 0) is 47.9 Å². The molecule has 0 spiro atoms. The van der Waals surface area contributed by atoms with Crippen molar-refractivity contribution in [3.05, 3.63) is 60.0 Å². The molecule has 1 aromatic heterocycles. The molecule has 0 aliphatic rings. The molecule has 0 atom stereocenters. The van der Waals surface area contributed by atoms with Crippen LogP contribution in [0.1, 0.15) is 25.0 Å². The molecule has 156 valence electrons. The standard InChI is InChI=1S/C23H24N2O5/c1-4-25(15(2)26)14-18-13-17(23-24-9-10-30-23)6-7-19(18)20-11-16(12-22(27)28)5-8-21(20)29-3/h5-11,13H,4,12,14H2,1-3H3,(H,27,28). The van der Waals surface area contributed by atoms with E-state index >= 15 is 0 Å². The average Bonchev–Trinajstić information content (AvgIpc) is 3.26. The number of hydrogen-bond donors (Lipinski definition) is 1. The highest BCUT2D eigenvalue weighted by molar-refractivity contribution is 5.79. The molecule has 0 aliphatic heterocycles. The van der Waals surface area contributed by atoms with Crippen LogP contribution in [-0.2, 0) is 22.6 Å². The zero-order valence-electron chi connectivity index (χ0n) is 17.2. The molecule has 0 bridgehead atoms. The quantitative estimate of drug-likeness (QED) is 0.605. The molecule has 0 unspecified atom stereocenters. The zero-order chi connectivity index (χ0) is 21.7. The number of methoxy groups -OCH3 is 1. The summed E-state index contributed by atoms with van der Waals surface area (Å²) in [5.74, 6) is 0.177. The molecule has 1 N–H and O–H groups in total. The second-order valence-corrected chi connectivity index (χ2v) is 6.85. The summed E-state index contributed by atoms with van der Waals surface area (Å²) in [6, 6.07) is 11.1. The largest absolute Gasteiger partial charge is 0.496 e. The number of carboxylic acid groups (broad SMARTS) is 1. The summed E-state index contributed by atoms with van der Waals surface area (Å²) in [5, 5.41) is 9.17. The van der Waals surface area contributed by atoms with Gasteiger partial charge in [-0.1, -0.05) is 12.1 Å². The summed E-state index contributed by atoms with van der Waals surface area (Å²) in [5.41, 5.74) is 3.96. The molecule has 1 amide bonds. The van der Waals surface area contributed by atoms with E-state index in [9.17, 15) is 14.7 Å². The van der Waals surface area contributed by atoms with Gasteiger partial charge in [0.2, 0.25) is 11.8 Å². The van der Waals surface area contributed by atoms with Crippen molar-refractivity contribution in [3.8, 4) is 28.3 Å². The van der Waals surface area contributed by atoms with E-state index in [0.717, 1.165) is 22.3 Å². The summed E-state index contributed by atoms with van der Waals surface area (Å²) in [7, 11) is 1.57. The van der Waals surface area contributed by atoms with Gasteiger partial charge >= 0.3 is 5.97 Å². The fourth-order valence-electron chi connectivity index (χ4n) is 3.39. The maximum absolute atomic E-state index is 12.0. The molecule has 0 radical (unpaired) electrons. The van der Waals surface area contributed by atoms with Gasteiger partial charge in [0, 0.05) is 31.1 Å². The summed E-state index contributed by atoms with van der Waals surface area (Å²) < 4.78 is 11.0. The molecular weight excluding hydrogens is 384 g/mol. The van der Waals surface area contributed by atoms with Crippen molar-refractivity contribution in [2.75, 3.05) is 13.7 Å². The van der Waals surface area contributed by atoms with E-state index in [1.54, 1.807) is 30.3 Å². The minimum Gasteiger partial charge on any atom is -0.496 e. The summed E-state index contributed by atoms with van der Waals surface area (Å²) in [6.07, 6.45) is 3.00. The lowest BCUT2D eigenvalue weighted by Crippen LogP contribution is -2.28. The van der Waals surface area contributed by atoms with E-state index in [-0.39, 0.29) is 12.3 Å². The number of ether oxygens (including phenoxy) is 1. The van der Waals surface area contributed by atoms with Crippen LogP contribution < -0.4 is 4.74 Å². The molecule has 7 heteroatoms. The first kappa shape index (κ1) is 21.1. The second kappa shape index (κ2) is 9.26. The van der Waals surface area contributed by atoms with Crippen molar-refractivity contribution in [1.82, 2.24) is 9.88 Å². The van der Waals surface area contributed by atoms with Crippen LogP contribution in [0.2, 0.25) is 0 Å². The molecule has 0 saturated heterocycles. The van der Waals surface area contributed by atoms with Gasteiger partial charge in [0.05, 0.1) is 19.7 Å². The third kappa shape index (κ3) is 4.68. The van der Waals surface area contributed by atoms with Gasteiger partial charge < -0.3 is 19.2 Å². The fourth-order valence-corrected chi connectivity index (χ4v) is 3.39. The number of oxazole rings is 1. The fraction of sp³-hybridized carbons (Fsp3) is 0.261. The summed E-state index contributed by atoms with van der Waals surface area (Å²) >= 11 is 0. The Balaban J connectivity index is 2.15. The summed E-state index contributed by atoms with van der Waals surface area (Å²) in [6.45, 7) is 4.42. The molecular formula is C23H24N2O5. The molecule has 30 heavy (non-hydrogen) atoms. The molecule has 3 rings (SSSR count).